The van der Waals surface area contributed by atoms with Gasteiger partial charge in [-0.3, -0.25) is 9.59 Å². The quantitative estimate of drug-likeness (QED) is 0.596. The normalized spacial score (nSPS) is 14.8. The number of hydrogen-bond donors (Lipinski definition) is 2. The van der Waals surface area contributed by atoms with Crippen molar-refractivity contribution in [2.75, 3.05) is 5.75 Å². The summed E-state index contributed by atoms with van der Waals surface area (Å²) >= 11 is 1.35. The summed E-state index contributed by atoms with van der Waals surface area (Å²) in [6.45, 7) is 4.64. The molecule has 1 unspecified atom stereocenters. The minimum absolute atomic E-state index is 0.0379. The van der Waals surface area contributed by atoms with Crippen molar-refractivity contribution < 1.29 is 9.59 Å². The molecular formula is C20H27N5O2S. The van der Waals surface area contributed by atoms with Crippen LogP contribution >= 0.6 is 11.8 Å². The fraction of sp³-hybridized carbons (Fsp3) is 0.500. The van der Waals surface area contributed by atoms with E-state index in [4.69, 9.17) is 5.73 Å². The lowest BCUT2D eigenvalue weighted by Crippen LogP contribution is -2.33. The fourth-order valence-corrected chi connectivity index (χ4v) is 3.91. The first kappa shape index (κ1) is 20.4. The van der Waals surface area contributed by atoms with Gasteiger partial charge in [0.05, 0.1) is 11.8 Å². The third-order valence-electron chi connectivity index (χ3n) is 4.74. The van der Waals surface area contributed by atoms with Crippen molar-refractivity contribution >= 4 is 23.6 Å². The van der Waals surface area contributed by atoms with E-state index in [0.717, 1.165) is 24.2 Å². The molecule has 1 heterocycles. The molecule has 1 fully saturated rings. The van der Waals surface area contributed by atoms with Gasteiger partial charge in [-0.05, 0) is 24.3 Å². The lowest BCUT2D eigenvalue weighted by Gasteiger charge is -2.22. The van der Waals surface area contributed by atoms with E-state index >= 15 is 0 Å². The Kier molecular flexibility index (Phi) is 6.72. The average Bonchev–Trinajstić information content (AvgIpc) is 3.43. The maximum absolute atomic E-state index is 12.6. The molecular weight excluding hydrogens is 374 g/mol. The SMILES string of the molecule is CC(C)C(NC(=O)CSc1nnc(C2CC2)n1CCC(N)=O)c1ccccc1. The molecule has 0 radical (unpaired) electrons. The summed E-state index contributed by atoms with van der Waals surface area (Å²) in [5.74, 6) is 1.42. The Hall–Kier alpha value is -2.35. The van der Waals surface area contributed by atoms with Crippen LogP contribution in [-0.4, -0.2) is 32.3 Å². The standard InChI is InChI=1S/C20H27N5O2S/c1-13(2)18(14-6-4-3-5-7-14)22-17(27)12-28-20-24-23-19(15-8-9-15)25(20)11-10-16(21)26/h3-7,13,15,18H,8-12H2,1-2H3,(H2,21,26)(H,22,27). The zero-order chi connectivity index (χ0) is 20.1. The van der Waals surface area contributed by atoms with E-state index in [1.54, 1.807) is 0 Å². The third-order valence-corrected chi connectivity index (χ3v) is 5.71. The van der Waals surface area contributed by atoms with Gasteiger partial charge in [-0.15, -0.1) is 10.2 Å². The molecule has 0 aliphatic heterocycles. The first-order valence-electron chi connectivity index (χ1n) is 9.64. The first-order chi connectivity index (χ1) is 13.5. The topological polar surface area (TPSA) is 103 Å². The van der Waals surface area contributed by atoms with E-state index in [1.807, 2.05) is 34.9 Å². The van der Waals surface area contributed by atoms with E-state index in [9.17, 15) is 9.59 Å². The van der Waals surface area contributed by atoms with Gasteiger partial charge in [-0.25, -0.2) is 0 Å². The molecule has 1 aromatic heterocycles. The molecule has 28 heavy (non-hydrogen) atoms. The lowest BCUT2D eigenvalue weighted by atomic mass is 9.96. The summed E-state index contributed by atoms with van der Waals surface area (Å²) in [6, 6.07) is 9.94. The number of nitrogens with one attached hydrogen (secondary N) is 1. The minimum atomic E-state index is -0.355. The van der Waals surface area contributed by atoms with E-state index in [2.05, 4.69) is 29.4 Å². The van der Waals surface area contributed by atoms with Crippen molar-refractivity contribution in [2.24, 2.45) is 11.7 Å². The highest BCUT2D eigenvalue weighted by atomic mass is 32.2. The first-order valence-corrected chi connectivity index (χ1v) is 10.6. The van der Waals surface area contributed by atoms with Crippen LogP contribution in [-0.2, 0) is 16.1 Å². The van der Waals surface area contributed by atoms with Gasteiger partial charge in [0.1, 0.15) is 5.82 Å². The molecule has 3 N–H and O–H groups in total. The fourth-order valence-electron chi connectivity index (χ4n) is 3.12. The number of rotatable bonds is 10. The van der Waals surface area contributed by atoms with Gasteiger partial charge in [0.2, 0.25) is 11.8 Å². The number of carbonyl (C=O) groups is 2. The van der Waals surface area contributed by atoms with Crippen molar-refractivity contribution in [2.45, 2.75) is 56.8 Å². The predicted octanol–water partition coefficient (Wildman–Crippen LogP) is 2.64. The molecule has 1 aliphatic rings. The zero-order valence-corrected chi connectivity index (χ0v) is 17.1. The number of amides is 2. The number of benzene rings is 1. The van der Waals surface area contributed by atoms with Gasteiger partial charge in [0.15, 0.2) is 5.16 Å². The van der Waals surface area contributed by atoms with Crippen LogP contribution in [0.15, 0.2) is 35.5 Å². The molecule has 150 valence electrons. The second-order valence-corrected chi connectivity index (χ2v) is 8.41. The molecule has 1 saturated carbocycles. The minimum Gasteiger partial charge on any atom is -0.370 e. The number of carbonyl (C=O) groups excluding carboxylic acids is 2. The molecule has 1 atom stereocenters. The van der Waals surface area contributed by atoms with Crippen LogP contribution in [0.4, 0.5) is 0 Å². The van der Waals surface area contributed by atoms with Crippen LogP contribution in [0.3, 0.4) is 0 Å². The number of nitrogens with zero attached hydrogens (tertiary/aromatic N) is 3. The van der Waals surface area contributed by atoms with E-state index in [-0.39, 0.29) is 35.9 Å². The monoisotopic (exact) mass is 401 g/mol. The van der Waals surface area contributed by atoms with Gasteiger partial charge in [0.25, 0.3) is 0 Å². The highest BCUT2D eigenvalue weighted by Gasteiger charge is 2.30. The smallest absolute Gasteiger partial charge is 0.230 e. The second kappa shape index (κ2) is 9.23. The summed E-state index contributed by atoms with van der Waals surface area (Å²) < 4.78 is 1.94. The molecule has 2 amide bonds. The summed E-state index contributed by atoms with van der Waals surface area (Å²) in [5, 5.41) is 12.3. The number of thioether (sulfide) groups is 1. The van der Waals surface area contributed by atoms with E-state index < -0.39 is 0 Å². The second-order valence-electron chi connectivity index (χ2n) is 7.47. The number of hydrogen-bond acceptors (Lipinski definition) is 5. The summed E-state index contributed by atoms with van der Waals surface area (Å²) in [7, 11) is 0. The average molecular weight is 402 g/mol. The van der Waals surface area contributed by atoms with Gasteiger partial charge >= 0.3 is 0 Å². The maximum Gasteiger partial charge on any atom is 0.230 e. The Labute approximate surface area is 169 Å². The molecule has 1 aliphatic carbocycles. The van der Waals surface area contributed by atoms with Gasteiger partial charge in [0, 0.05) is 18.9 Å². The maximum atomic E-state index is 12.6. The molecule has 2 aromatic rings. The van der Waals surface area contributed by atoms with Crippen LogP contribution in [0, 0.1) is 5.92 Å². The third kappa shape index (κ3) is 5.34. The number of nitrogens with two attached hydrogens (primary N) is 1. The lowest BCUT2D eigenvalue weighted by molar-refractivity contribution is -0.120. The molecule has 0 spiro atoms. The molecule has 8 heteroatoms. The van der Waals surface area contributed by atoms with Crippen LogP contribution in [0.5, 0.6) is 0 Å². The summed E-state index contributed by atoms with van der Waals surface area (Å²) in [4.78, 5) is 23.8. The van der Waals surface area contributed by atoms with Crippen molar-refractivity contribution in [3.63, 3.8) is 0 Å². The summed E-state index contributed by atoms with van der Waals surface area (Å²) in [5.41, 5.74) is 6.39. The van der Waals surface area contributed by atoms with Crippen LogP contribution in [0.25, 0.3) is 0 Å². The van der Waals surface area contributed by atoms with E-state index in [1.165, 1.54) is 11.8 Å². The molecule has 0 saturated heterocycles. The van der Waals surface area contributed by atoms with Crippen molar-refractivity contribution in [1.82, 2.24) is 20.1 Å². The van der Waals surface area contributed by atoms with Gasteiger partial charge in [-0.1, -0.05) is 55.9 Å². The number of aromatic nitrogens is 3. The van der Waals surface area contributed by atoms with E-state index in [0.29, 0.717) is 17.6 Å². The van der Waals surface area contributed by atoms with Crippen molar-refractivity contribution in [3.05, 3.63) is 41.7 Å². The van der Waals surface area contributed by atoms with Crippen molar-refractivity contribution in [1.29, 1.82) is 0 Å². The summed E-state index contributed by atoms with van der Waals surface area (Å²) in [6.07, 6.45) is 2.42. The number of primary amides is 1. The largest absolute Gasteiger partial charge is 0.370 e. The van der Waals surface area contributed by atoms with Crippen LogP contribution < -0.4 is 11.1 Å². The Balaban J connectivity index is 1.63. The Bertz CT molecular complexity index is 817. The van der Waals surface area contributed by atoms with Crippen molar-refractivity contribution in [3.8, 4) is 0 Å². The zero-order valence-electron chi connectivity index (χ0n) is 16.3. The van der Waals surface area contributed by atoms with Crippen LogP contribution in [0.2, 0.25) is 0 Å². The molecule has 3 rings (SSSR count). The molecule has 7 nitrogen and oxygen atoms in total. The highest BCUT2D eigenvalue weighted by molar-refractivity contribution is 7.99. The Morgan fingerprint density at radius 2 is 1.96 bits per heavy atom. The Morgan fingerprint density at radius 1 is 1.25 bits per heavy atom. The molecule has 1 aromatic carbocycles. The molecule has 0 bridgehead atoms. The van der Waals surface area contributed by atoms with Gasteiger partial charge in [-0.2, -0.15) is 0 Å². The van der Waals surface area contributed by atoms with Gasteiger partial charge < -0.3 is 15.6 Å². The highest BCUT2D eigenvalue weighted by Crippen LogP contribution is 2.40. The predicted molar refractivity (Wildman–Crippen MR) is 109 cm³/mol. The Morgan fingerprint density at radius 3 is 2.57 bits per heavy atom. The van der Waals surface area contributed by atoms with Crippen LogP contribution in [0.1, 0.15) is 56.5 Å².